The fourth-order valence-corrected chi connectivity index (χ4v) is 3.43. The normalized spacial score (nSPS) is 13.9. The van der Waals surface area contributed by atoms with E-state index in [9.17, 15) is 14.4 Å². The van der Waals surface area contributed by atoms with Gasteiger partial charge in [0.1, 0.15) is 12.6 Å². The third-order valence-corrected chi connectivity index (χ3v) is 4.91. The number of hydrogen-bond acceptors (Lipinski definition) is 4. The first-order chi connectivity index (χ1) is 14.1. The highest BCUT2D eigenvalue weighted by atomic mass is 16.5. The molecule has 0 radical (unpaired) electrons. The van der Waals surface area contributed by atoms with Gasteiger partial charge in [0.2, 0.25) is 0 Å². The Kier molecular flexibility index (Phi) is 5.20. The predicted octanol–water partition coefficient (Wildman–Crippen LogP) is 3.64. The molecular formula is C24H19NO4. The monoisotopic (exact) mass is 385 g/mol. The summed E-state index contributed by atoms with van der Waals surface area (Å²) in [7, 11) is 0. The Hall–Kier alpha value is -3.73. The number of rotatable bonds is 6. The van der Waals surface area contributed by atoms with Gasteiger partial charge in [0.15, 0.2) is 0 Å². The number of nitrogens with zero attached hydrogens (tertiary/aromatic N) is 1. The van der Waals surface area contributed by atoms with Crippen LogP contribution in [0.25, 0.3) is 0 Å². The van der Waals surface area contributed by atoms with Crippen molar-refractivity contribution in [3.63, 3.8) is 0 Å². The molecular weight excluding hydrogens is 366 g/mol. The fraction of sp³-hybridized carbons (Fsp3) is 0.125. The lowest BCUT2D eigenvalue weighted by Gasteiger charge is -2.24. The standard InChI is InChI=1S/C24H19NO4/c26-22-19-13-7-8-14-20(19)23(27)25(22)21(15-17-9-3-1-4-10-17)24(28)29-16-18-11-5-2-6-12-18/h1-14,21H,15-16H2/t21-/m1/s1. The van der Waals surface area contributed by atoms with Gasteiger partial charge in [0.05, 0.1) is 11.1 Å². The molecule has 0 saturated carbocycles. The lowest BCUT2D eigenvalue weighted by Crippen LogP contribution is -2.47. The maximum Gasteiger partial charge on any atom is 0.330 e. The van der Waals surface area contributed by atoms with Crippen LogP contribution in [0.3, 0.4) is 0 Å². The number of carbonyl (C=O) groups excluding carboxylic acids is 3. The van der Waals surface area contributed by atoms with Crippen LogP contribution in [0.1, 0.15) is 31.8 Å². The summed E-state index contributed by atoms with van der Waals surface area (Å²) in [6, 6.07) is 24.1. The third-order valence-electron chi connectivity index (χ3n) is 4.91. The van der Waals surface area contributed by atoms with Crippen molar-refractivity contribution in [1.29, 1.82) is 0 Å². The van der Waals surface area contributed by atoms with Gasteiger partial charge in [-0.1, -0.05) is 72.8 Å². The Bertz CT molecular complexity index is 1010. The van der Waals surface area contributed by atoms with E-state index in [1.54, 1.807) is 24.3 Å². The van der Waals surface area contributed by atoms with E-state index >= 15 is 0 Å². The first kappa shape index (κ1) is 18.6. The summed E-state index contributed by atoms with van der Waals surface area (Å²) in [6.07, 6.45) is 0.194. The maximum atomic E-state index is 13.0. The third kappa shape index (κ3) is 3.80. The molecule has 1 heterocycles. The van der Waals surface area contributed by atoms with Crippen molar-refractivity contribution in [3.8, 4) is 0 Å². The van der Waals surface area contributed by atoms with Crippen molar-refractivity contribution in [2.45, 2.75) is 19.1 Å². The Morgan fingerprint density at radius 3 is 1.76 bits per heavy atom. The van der Waals surface area contributed by atoms with Crippen molar-refractivity contribution in [1.82, 2.24) is 4.90 Å². The summed E-state index contributed by atoms with van der Waals surface area (Å²) in [5.74, 6) is -1.54. The zero-order valence-corrected chi connectivity index (χ0v) is 15.7. The van der Waals surface area contributed by atoms with Gasteiger partial charge < -0.3 is 4.74 Å². The van der Waals surface area contributed by atoms with Crippen LogP contribution >= 0.6 is 0 Å². The van der Waals surface area contributed by atoms with Crippen LogP contribution in [-0.2, 0) is 22.6 Å². The van der Waals surface area contributed by atoms with Crippen LogP contribution < -0.4 is 0 Å². The molecule has 2 amide bonds. The molecule has 5 heteroatoms. The smallest absolute Gasteiger partial charge is 0.330 e. The molecule has 1 aliphatic heterocycles. The summed E-state index contributed by atoms with van der Waals surface area (Å²) in [5.41, 5.74) is 2.30. The summed E-state index contributed by atoms with van der Waals surface area (Å²) in [5, 5.41) is 0. The van der Waals surface area contributed by atoms with Crippen LogP contribution in [0.4, 0.5) is 0 Å². The number of fused-ring (bicyclic) bond motifs is 1. The molecule has 4 rings (SSSR count). The predicted molar refractivity (Wildman–Crippen MR) is 107 cm³/mol. The quantitative estimate of drug-likeness (QED) is 0.480. The van der Waals surface area contributed by atoms with Gasteiger partial charge in [0.25, 0.3) is 11.8 Å². The van der Waals surface area contributed by atoms with Gasteiger partial charge in [0, 0.05) is 6.42 Å². The summed E-state index contributed by atoms with van der Waals surface area (Å²) >= 11 is 0. The number of benzene rings is 3. The lowest BCUT2D eigenvalue weighted by atomic mass is 10.0. The minimum absolute atomic E-state index is 0.0775. The zero-order chi connectivity index (χ0) is 20.2. The number of imide groups is 1. The van der Waals surface area contributed by atoms with E-state index in [0.717, 1.165) is 16.0 Å². The molecule has 3 aromatic carbocycles. The number of amides is 2. The average Bonchev–Trinajstić information content (AvgIpc) is 3.02. The van der Waals surface area contributed by atoms with Gasteiger partial charge in [-0.25, -0.2) is 4.79 Å². The SMILES string of the molecule is O=C(OCc1ccccc1)[C@@H](Cc1ccccc1)N1C(=O)c2ccccc2C1=O. The van der Waals surface area contributed by atoms with Crippen molar-refractivity contribution in [2.75, 3.05) is 0 Å². The first-order valence-electron chi connectivity index (χ1n) is 9.36. The molecule has 3 aromatic rings. The van der Waals surface area contributed by atoms with Gasteiger partial charge in [-0.05, 0) is 23.3 Å². The van der Waals surface area contributed by atoms with Crippen molar-refractivity contribution in [3.05, 3.63) is 107 Å². The van der Waals surface area contributed by atoms with Crippen LogP contribution in [-0.4, -0.2) is 28.7 Å². The summed E-state index contributed by atoms with van der Waals surface area (Å²) < 4.78 is 5.49. The molecule has 0 fully saturated rings. The minimum Gasteiger partial charge on any atom is -0.459 e. The maximum absolute atomic E-state index is 13.0. The van der Waals surface area contributed by atoms with Gasteiger partial charge in [-0.15, -0.1) is 0 Å². The molecule has 5 nitrogen and oxygen atoms in total. The second-order valence-electron chi connectivity index (χ2n) is 6.82. The van der Waals surface area contributed by atoms with E-state index in [4.69, 9.17) is 4.74 Å². The summed E-state index contributed by atoms with van der Waals surface area (Å²) in [6.45, 7) is 0.0775. The molecule has 0 saturated heterocycles. The second-order valence-corrected chi connectivity index (χ2v) is 6.82. The average molecular weight is 385 g/mol. The molecule has 29 heavy (non-hydrogen) atoms. The molecule has 0 aliphatic carbocycles. The lowest BCUT2D eigenvalue weighted by molar-refractivity contribution is -0.149. The molecule has 144 valence electrons. The molecule has 0 aromatic heterocycles. The number of ether oxygens (including phenoxy) is 1. The first-order valence-corrected chi connectivity index (χ1v) is 9.36. The van der Waals surface area contributed by atoms with Gasteiger partial charge >= 0.3 is 5.97 Å². The summed E-state index contributed by atoms with van der Waals surface area (Å²) in [4.78, 5) is 39.8. The van der Waals surface area contributed by atoms with Crippen LogP contribution in [0.2, 0.25) is 0 Å². The van der Waals surface area contributed by atoms with Crippen molar-refractivity contribution in [2.24, 2.45) is 0 Å². The Morgan fingerprint density at radius 2 is 1.21 bits per heavy atom. The minimum atomic E-state index is -1.03. The number of hydrogen-bond donors (Lipinski definition) is 0. The molecule has 1 atom stereocenters. The van der Waals surface area contributed by atoms with E-state index in [0.29, 0.717) is 11.1 Å². The highest BCUT2D eigenvalue weighted by molar-refractivity contribution is 6.22. The van der Waals surface area contributed by atoms with Gasteiger partial charge in [-0.3, -0.25) is 14.5 Å². The second kappa shape index (κ2) is 8.10. The zero-order valence-electron chi connectivity index (χ0n) is 15.7. The van der Waals surface area contributed by atoms with Crippen LogP contribution in [0.5, 0.6) is 0 Å². The molecule has 0 bridgehead atoms. The fourth-order valence-electron chi connectivity index (χ4n) is 3.43. The van der Waals surface area contributed by atoms with E-state index < -0.39 is 23.8 Å². The number of esters is 1. The van der Waals surface area contributed by atoms with Crippen LogP contribution in [0.15, 0.2) is 84.9 Å². The topological polar surface area (TPSA) is 63.7 Å². The van der Waals surface area contributed by atoms with E-state index in [2.05, 4.69) is 0 Å². The Balaban J connectivity index is 1.61. The highest BCUT2D eigenvalue weighted by Gasteiger charge is 2.43. The molecule has 0 unspecified atom stereocenters. The van der Waals surface area contributed by atoms with E-state index in [-0.39, 0.29) is 13.0 Å². The Labute approximate surface area is 168 Å². The van der Waals surface area contributed by atoms with Crippen LogP contribution in [0, 0.1) is 0 Å². The largest absolute Gasteiger partial charge is 0.459 e. The Morgan fingerprint density at radius 1 is 0.724 bits per heavy atom. The molecule has 0 spiro atoms. The van der Waals surface area contributed by atoms with E-state index in [1.165, 1.54) is 0 Å². The molecule has 1 aliphatic rings. The highest BCUT2D eigenvalue weighted by Crippen LogP contribution is 2.26. The van der Waals surface area contributed by atoms with E-state index in [1.807, 2.05) is 60.7 Å². The van der Waals surface area contributed by atoms with Crippen molar-refractivity contribution < 1.29 is 19.1 Å². The molecule has 0 N–H and O–H groups in total. The number of carbonyl (C=O) groups is 3. The van der Waals surface area contributed by atoms with Gasteiger partial charge in [-0.2, -0.15) is 0 Å². The van der Waals surface area contributed by atoms with Crippen molar-refractivity contribution >= 4 is 17.8 Å².